The van der Waals surface area contributed by atoms with Gasteiger partial charge in [-0.15, -0.1) is 0 Å². The quantitative estimate of drug-likeness (QED) is 0.905. The van der Waals surface area contributed by atoms with Crippen molar-refractivity contribution in [1.82, 2.24) is 15.0 Å². The summed E-state index contributed by atoms with van der Waals surface area (Å²) in [5.41, 5.74) is 6.77. The highest BCUT2D eigenvalue weighted by atomic mass is 16.5. The molecule has 0 radical (unpaired) electrons. The van der Waals surface area contributed by atoms with Crippen molar-refractivity contribution in [3.8, 4) is 0 Å². The van der Waals surface area contributed by atoms with Crippen LogP contribution in [0, 0.1) is 0 Å². The fraction of sp³-hybridized carbons (Fsp3) is 0.500. The van der Waals surface area contributed by atoms with Crippen LogP contribution in [0.2, 0.25) is 0 Å². The van der Waals surface area contributed by atoms with E-state index in [0.29, 0.717) is 18.5 Å². The Balaban J connectivity index is 1.52. The topological polar surface area (TPSA) is 71.4 Å². The normalized spacial score (nSPS) is 16.8. The molecule has 0 saturated carbocycles. The first kappa shape index (κ1) is 15.0. The van der Waals surface area contributed by atoms with E-state index in [1.165, 1.54) is 5.69 Å². The second kappa shape index (κ2) is 6.89. The Morgan fingerprint density at radius 1 is 1.27 bits per heavy atom. The van der Waals surface area contributed by atoms with E-state index in [2.05, 4.69) is 57.3 Å². The summed E-state index contributed by atoms with van der Waals surface area (Å²) in [7, 11) is 2.18. The monoisotopic (exact) mass is 301 g/mol. The number of piperidine rings is 1. The van der Waals surface area contributed by atoms with E-state index in [1.807, 2.05) is 0 Å². The molecule has 2 heterocycles. The van der Waals surface area contributed by atoms with Crippen LogP contribution in [0.5, 0.6) is 0 Å². The number of anilines is 1. The molecule has 0 atom stereocenters. The maximum absolute atomic E-state index is 5.49. The zero-order valence-corrected chi connectivity index (χ0v) is 13.0. The Morgan fingerprint density at radius 2 is 2.00 bits per heavy atom. The van der Waals surface area contributed by atoms with Gasteiger partial charge >= 0.3 is 0 Å². The van der Waals surface area contributed by atoms with Crippen LogP contribution in [0.1, 0.15) is 24.6 Å². The van der Waals surface area contributed by atoms with Crippen LogP contribution in [0.15, 0.2) is 34.9 Å². The number of rotatable bonds is 5. The molecule has 0 aliphatic carbocycles. The third-order valence-electron chi connectivity index (χ3n) is 4.32. The lowest BCUT2D eigenvalue weighted by Crippen LogP contribution is -2.43. The summed E-state index contributed by atoms with van der Waals surface area (Å²) in [5, 5.41) is 3.96. The Bertz CT molecular complexity index is 577. The summed E-state index contributed by atoms with van der Waals surface area (Å²) in [6, 6.07) is 11.2. The second-order valence-corrected chi connectivity index (χ2v) is 5.76. The molecule has 3 rings (SSSR count). The van der Waals surface area contributed by atoms with Crippen LogP contribution in [0.4, 0.5) is 5.69 Å². The minimum absolute atomic E-state index is 0.303. The highest BCUT2D eigenvalue weighted by molar-refractivity contribution is 5.46. The minimum atomic E-state index is 0.303. The lowest BCUT2D eigenvalue weighted by Gasteiger charge is -2.37. The van der Waals surface area contributed by atoms with E-state index in [4.69, 9.17) is 10.3 Å². The predicted molar refractivity (Wildman–Crippen MR) is 85.3 cm³/mol. The average Bonchev–Trinajstić information content (AvgIpc) is 3.03. The van der Waals surface area contributed by atoms with Crippen LogP contribution in [0.3, 0.4) is 0 Å². The average molecular weight is 301 g/mol. The van der Waals surface area contributed by atoms with Crippen LogP contribution in [-0.4, -0.2) is 41.2 Å². The number of hydrogen-bond donors (Lipinski definition) is 1. The molecule has 6 heteroatoms. The molecule has 0 amide bonds. The van der Waals surface area contributed by atoms with Crippen molar-refractivity contribution in [3.63, 3.8) is 0 Å². The minimum Gasteiger partial charge on any atom is -0.372 e. The molecule has 1 fully saturated rings. The Hall–Kier alpha value is -1.92. The van der Waals surface area contributed by atoms with Gasteiger partial charge in [-0.3, -0.25) is 4.90 Å². The molecule has 1 aliphatic heterocycles. The SMILES string of the molecule is CN(c1ccccc1)C1CCN(Cc2noc(CN)n2)CC1. The largest absolute Gasteiger partial charge is 0.372 e. The van der Waals surface area contributed by atoms with E-state index in [1.54, 1.807) is 0 Å². The number of nitrogens with zero attached hydrogens (tertiary/aromatic N) is 4. The number of likely N-dealkylation sites (tertiary alicyclic amines) is 1. The summed E-state index contributed by atoms with van der Waals surface area (Å²) in [4.78, 5) is 9.03. The molecule has 1 aromatic heterocycles. The van der Waals surface area contributed by atoms with E-state index in [-0.39, 0.29) is 0 Å². The van der Waals surface area contributed by atoms with Crippen LogP contribution >= 0.6 is 0 Å². The van der Waals surface area contributed by atoms with Crippen LogP contribution in [0.25, 0.3) is 0 Å². The predicted octanol–water partition coefficient (Wildman–Crippen LogP) is 1.63. The molecule has 22 heavy (non-hydrogen) atoms. The van der Waals surface area contributed by atoms with Crippen molar-refractivity contribution < 1.29 is 4.52 Å². The van der Waals surface area contributed by atoms with Crippen molar-refractivity contribution in [1.29, 1.82) is 0 Å². The van der Waals surface area contributed by atoms with Gasteiger partial charge in [0.05, 0.1) is 13.1 Å². The Labute approximate surface area is 130 Å². The van der Waals surface area contributed by atoms with Crippen LogP contribution in [-0.2, 0) is 13.1 Å². The third kappa shape index (κ3) is 3.45. The van der Waals surface area contributed by atoms with Crippen molar-refractivity contribution in [2.45, 2.75) is 32.0 Å². The Kier molecular flexibility index (Phi) is 4.70. The maximum Gasteiger partial charge on any atom is 0.240 e. The number of hydrogen-bond acceptors (Lipinski definition) is 6. The van der Waals surface area contributed by atoms with Gasteiger partial charge in [0.2, 0.25) is 5.89 Å². The zero-order valence-electron chi connectivity index (χ0n) is 13.0. The van der Waals surface area contributed by atoms with Crippen molar-refractivity contribution in [2.75, 3.05) is 25.0 Å². The number of aromatic nitrogens is 2. The first-order chi connectivity index (χ1) is 10.8. The van der Waals surface area contributed by atoms with Gasteiger partial charge < -0.3 is 15.2 Å². The van der Waals surface area contributed by atoms with Gasteiger partial charge in [-0.05, 0) is 25.0 Å². The molecule has 1 saturated heterocycles. The fourth-order valence-corrected chi connectivity index (χ4v) is 2.98. The number of para-hydroxylation sites is 1. The van der Waals surface area contributed by atoms with Gasteiger partial charge in [-0.25, -0.2) is 0 Å². The molecular formula is C16H23N5O. The molecule has 0 bridgehead atoms. The molecule has 118 valence electrons. The summed E-state index contributed by atoms with van der Waals surface area (Å²) in [5.74, 6) is 1.24. The molecule has 1 aromatic carbocycles. The number of nitrogens with two attached hydrogens (primary N) is 1. The van der Waals surface area contributed by atoms with Crippen molar-refractivity contribution >= 4 is 5.69 Å². The standard InChI is InChI=1S/C16H23N5O/c1-20(13-5-3-2-4-6-13)14-7-9-21(10-8-14)12-15-18-16(11-17)22-19-15/h2-6,14H,7-12,17H2,1H3. The molecule has 2 N–H and O–H groups in total. The summed E-state index contributed by atoms with van der Waals surface area (Å²) >= 11 is 0. The van der Waals surface area contributed by atoms with E-state index in [0.717, 1.165) is 38.3 Å². The summed E-state index contributed by atoms with van der Waals surface area (Å²) in [6.07, 6.45) is 2.29. The van der Waals surface area contributed by atoms with Crippen LogP contribution < -0.4 is 10.6 Å². The molecular weight excluding hydrogens is 278 g/mol. The summed E-state index contributed by atoms with van der Waals surface area (Å²) in [6.45, 7) is 3.14. The van der Waals surface area contributed by atoms with Gasteiger partial charge in [0, 0.05) is 31.9 Å². The third-order valence-corrected chi connectivity index (χ3v) is 4.32. The lowest BCUT2D eigenvalue weighted by molar-refractivity contribution is 0.197. The van der Waals surface area contributed by atoms with Gasteiger partial charge in [0.1, 0.15) is 0 Å². The fourth-order valence-electron chi connectivity index (χ4n) is 2.98. The van der Waals surface area contributed by atoms with E-state index < -0.39 is 0 Å². The molecule has 6 nitrogen and oxygen atoms in total. The highest BCUT2D eigenvalue weighted by Crippen LogP contribution is 2.22. The van der Waals surface area contributed by atoms with Gasteiger partial charge in [0.15, 0.2) is 5.82 Å². The van der Waals surface area contributed by atoms with E-state index >= 15 is 0 Å². The smallest absolute Gasteiger partial charge is 0.240 e. The molecule has 2 aromatic rings. The zero-order chi connectivity index (χ0) is 15.4. The van der Waals surface area contributed by atoms with E-state index in [9.17, 15) is 0 Å². The number of benzene rings is 1. The van der Waals surface area contributed by atoms with Gasteiger partial charge in [-0.1, -0.05) is 23.4 Å². The summed E-state index contributed by atoms with van der Waals surface area (Å²) < 4.78 is 5.05. The molecule has 1 aliphatic rings. The highest BCUT2D eigenvalue weighted by Gasteiger charge is 2.23. The maximum atomic E-state index is 5.49. The first-order valence-electron chi connectivity index (χ1n) is 7.78. The van der Waals surface area contributed by atoms with Gasteiger partial charge in [0.25, 0.3) is 0 Å². The van der Waals surface area contributed by atoms with Crippen molar-refractivity contribution in [3.05, 3.63) is 42.0 Å². The second-order valence-electron chi connectivity index (χ2n) is 5.76. The van der Waals surface area contributed by atoms with Crippen molar-refractivity contribution in [2.24, 2.45) is 5.73 Å². The molecule has 0 unspecified atom stereocenters. The van der Waals surface area contributed by atoms with Gasteiger partial charge in [-0.2, -0.15) is 4.98 Å². The lowest BCUT2D eigenvalue weighted by atomic mass is 10.0. The Morgan fingerprint density at radius 3 is 2.64 bits per heavy atom. The first-order valence-corrected chi connectivity index (χ1v) is 7.78. The molecule has 0 spiro atoms.